The topological polar surface area (TPSA) is 20.3 Å². The van der Waals surface area contributed by atoms with Crippen molar-refractivity contribution in [2.75, 3.05) is 18.4 Å². The molecule has 0 spiro atoms. The van der Waals surface area contributed by atoms with Gasteiger partial charge < -0.3 is 4.90 Å². The van der Waals surface area contributed by atoms with Crippen molar-refractivity contribution in [1.29, 1.82) is 0 Å². The van der Waals surface area contributed by atoms with E-state index in [1.165, 1.54) is 51.4 Å². The number of hydrogen-bond acceptors (Lipinski definition) is 1. The number of hydrogen-bond donors (Lipinski definition) is 0. The molecule has 20 heavy (non-hydrogen) atoms. The smallest absolute Gasteiger partial charge is 0.225 e. The van der Waals surface area contributed by atoms with Crippen LogP contribution in [-0.4, -0.2) is 29.2 Å². The molecule has 3 fully saturated rings. The van der Waals surface area contributed by atoms with Gasteiger partial charge in [-0.05, 0) is 49.9 Å². The highest BCUT2D eigenvalue weighted by Gasteiger charge is 2.37. The highest BCUT2D eigenvalue weighted by molar-refractivity contribution is 9.09. The van der Waals surface area contributed by atoms with Gasteiger partial charge in [0.2, 0.25) is 5.91 Å². The van der Waals surface area contributed by atoms with E-state index in [-0.39, 0.29) is 0 Å². The summed E-state index contributed by atoms with van der Waals surface area (Å²) in [5, 5.41) is 1.05. The summed E-state index contributed by atoms with van der Waals surface area (Å²) in [6.07, 6.45) is 11.8. The molecule has 4 unspecified atom stereocenters. The Labute approximate surface area is 131 Å². The van der Waals surface area contributed by atoms with Gasteiger partial charge in [0.25, 0.3) is 0 Å². The number of piperidine rings is 1. The van der Waals surface area contributed by atoms with Gasteiger partial charge in [-0.1, -0.05) is 41.6 Å². The molecule has 0 N–H and O–H groups in total. The minimum atomic E-state index is 0.350. The lowest BCUT2D eigenvalue weighted by molar-refractivity contribution is -0.139. The first-order valence-corrected chi connectivity index (χ1v) is 9.75. The first kappa shape index (κ1) is 14.9. The number of likely N-dealkylation sites (tertiary alicyclic amines) is 1. The predicted octanol–water partition coefficient (Wildman–Crippen LogP) is 4.23. The zero-order chi connectivity index (χ0) is 13.9. The van der Waals surface area contributed by atoms with Gasteiger partial charge in [-0.15, -0.1) is 0 Å². The van der Waals surface area contributed by atoms with Gasteiger partial charge in [-0.2, -0.15) is 0 Å². The Balaban J connectivity index is 1.57. The first-order valence-electron chi connectivity index (χ1n) is 8.62. The molecule has 0 bridgehead atoms. The predicted molar refractivity (Wildman–Crippen MR) is 85.9 cm³/mol. The van der Waals surface area contributed by atoms with E-state index in [1.807, 2.05) is 0 Å². The lowest BCUT2D eigenvalue weighted by Gasteiger charge is -2.41. The van der Waals surface area contributed by atoms with E-state index in [0.717, 1.165) is 36.7 Å². The molecule has 3 aliphatic rings. The van der Waals surface area contributed by atoms with Gasteiger partial charge in [0.15, 0.2) is 0 Å². The molecule has 1 saturated heterocycles. The average molecular weight is 342 g/mol. The van der Waals surface area contributed by atoms with Crippen LogP contribution in [0.1, 0.15) is 57.8 Å². The van der Waals surface area contributed by atoms with Crippen molar-refractivity contribution in [3.8, 4) is 0 Å². The molecule has 0 aromatic rings. The second-order valence-corrected chi connectivity index (χ2v) is 7.91. The Morgan fingerprint density at radius 3 is 2.60 bits per heavy atom. The summed E-state index contributed by atoms with van der Waals surface area (Å²) in [6, 6.07) is 0. The fraction of sp³-hybridized carbons (Fsp3) is 0.941. The molecule has 2 saturated carbocycles. The largest absolute Gasteiger partial charge is 0.342 e. The van der Waals surface area contributed by atoms with Crippen molar-refractivity contribution < 1.29 is 4.79 Å². The molecule has 114 valence electrons. The van der Waals surface area contributed by atoms with E-state index in [9.17, 15) is 4.79 Å². The van der Waals surface area contributed by atoms with Crippen molar-refractivity contribution in [2.24, 2.45) is 23.7 Å². The van der Waals surface area contributed by atoms with Crippen LogP contribution in [0.3, 0.4) is 0 Å². The van der Waals surface area contributed by atoms with Crippen molar-refractivity contribution in [2.45, 2.75) is 57.8 Å². The molecule has 1 aliphatic heterocycles. The van der Waals surface area contributed by atoms with Crippen LogP contribution in [0, 0.1) is 23.7 Å². The lowest BCUT2D eigenvalue weighted by Crippen LogP contribution is -2.45. The summed E-state index contributed by atoms with van der Waals surface area (Å²) in [5.41, 5.74) is 0. The van der Waals surface area contributed by atoms with Gasteiger partial charge in [-0.3, -0.25) is 4.79 Å². The van der Waals surface area contributed by atoms with Gasteiger partial charge in [-0.25, -0.2) is 0 Å². The van der Waals surface area contributed by atoms with E-state index in [2.05, 4.69) is 20.8 Å². The second-order valence-electron chi connectivity index (χ2n) is 7.26. The molecular weight excluding hydrogens is 314 g/mol. The van der Waals surface area contributed by atoms with Gasteiger partial charge in [0.1, 0.15) is 0 Å². The summed E-state index contributed by atoms with van der Waals surface area (Å²) < 4.78 is 0. The number of halogens is 1. The van der Waals surface area contributed by atoms with Crippen LogP contribution < -0.4 is 0 Å². The number of rotatable bonds is 2. The van der Waals surface area contributed by atoms with Crippen molar-refractivity contribution >= 4 is 21.8 Å². The average Bonchev–Trinajstić information content (AvgIpc) is 2.53. The van der Waals surface area contributed by atoms with Crippen molar-refractivity contribution in [3.63, 3.8) is 0 Å². The highest BCUT2D eigenvalue weighted by Crippen LogP contribution is 2.43. The molecule has 1 heterocycles. The minimum Gasteiger partial charge on any atom is -0.342 e. The van der Waals surface area contributed by atoms with E-state index in [0.29, 0.717) is 17.7 Å². The van der Waals surface area contributed by atoms with E-state index >= 15 is 0 Å². The Morgan fingerprint density at radius 1 is 1.00 bits per heavy atom. The zero-order valence-electron chi connectivity index (χ0n) is 12.5. The molecule has 4 atom stereocenters. The van der Waals surface area contributed by atoms with E-state index in [4.69, 9.17) is 0 Å². The normalized spacial score (nSPS) is 38.4. The van der Waals surface area contributed by atoms with Gasteiger partial charge in [0.05, 0.1) is 0 Å². The molecular formula is C17H28BrNO. The minimum absolute atomic E-state index is 0.350. The van der Waals surface area contributed by atoms with Crippen molar-refractivity contribution in [1.82, 2.24) is 4.90 Å². The molecule has 1 amide bonds. The highest BCUT2D eigenvalue weighted by atomic mass is 79.9. The zero-order valence-corrected chi connectivity index (χ0v) is 14.1. The number of nitrogens with zero attached hydrogens (tertiary/aromatic N) is 1. The van der Waals surface area contributed by atoms with Crippen LogP contribution in [0.15, 0.2) is 0 Å². The molecule has 2 nitrogen and oxygen atoms in total. The standard InChI is InChI=1S/C17H28BrNO/c18-11-13-4-3-9-19(12-13)17(20)16-8-7-14-5-1-2-6-15(14)10-16/h13-16H,1-12H2. The van der Waals surface area contributed by atoms with Gasteiger partial charge in [0, 0.05) is 24.3 Å². The van der Waals surface area contributed by atoms with Crippen molar-refractivity contribution in [3.05, 3.63) is 0 Å². The molecule has 0 aromatic heterocycles. The third kappa shape index (κ3) is 3.23. The fourth-order valence-corrected chi connectivity index (χ4v) is 5.28. The van der Waals surface area contributed by atoms with Crippen LogP contribution in [0.4, 0.5) is 0 Å². The van der Waals surface area contributed by atoms with E-state index in [1.54, 1.807) is 0 Å². The number of fused-ring (bicyclic) bond motifs is 1. The summed E-state index contributed by atoms with van der Waals surface area (Å²) in [7, 11) is 0. The molecule has 0 radical (unpaired) electrons. The van der Waals surface area contributed by atoms with Gasteiger partial charge >= 0.3 is 0 Å². The van der Waals surface area contributed by atoms with E-state index < -0.39 is 0 Å². The third-order valence-electron chi connectivity index (χ3n) is 5.94. The maximum absolute atomic E-state index is 12.8. The molecule has 3 rings (SSSR count). The summed E-state index contributed by atoms with van der Waals surface area (Å²) in [6.45, 7) is 2.00. The Morgan fingerprint density at radius 2 is 1.80 bits per heavy atom. The number of alkyl halides is 1. The summed E-state index contributed by atoms with van der Waals surface area (Å²) in [4.78, 5) is 15.0. The lowest BCUT2D eigenvalue weighted by atomic mass is 9.67. The molecule has 3 heteroatoms. The maximum atomic E-state index is 12.8. The Bertz CT molecular complexity index is 346. The first-order chi connectivity index (χ1) is 9.78. The Kier molecular flexibility index (Phi) is 5.06. The second kappa shape index (κ2) is 6.81. The van der Waals surface area contributed by atoms with Crippen LogP contribution >= 0.6 is 15.9 Å². The van der Waals surface area contributed by atoms with Crippen LogP contribution in [0.5, 0.6) is 0 Å². The molecule has 0 aromatic carbocycles. The quantitative estimate of drug-likeness (QED) is 0.688. The maximum Gasteiger partial charge on any atom is 0.225 e. The fourth-order valence-electron chi connectivity index (χ4n) is 4.75. The third-order valence-corrected chi connectivity index (χ3v) is 6.85. The van der Waals surface area contributed by atoms with Crippen LogP contribution in [-0.2, 0) is 4.79 Å². The number of carbonyl (C=O) groups excluding carboxylic acids is 1. The Hall–Kier alpha value is -0.0500. The summed E-state index contributed by atoms with van der Waals surface area (Å²) >= 11 is 3.59. The molecule has 2 aliphatic carbocycles. The van der Waals surface area contributed by atoms with Crippen LogP contribution in [0.25, 0.3) is 0 Å². The summed E-state index contributed by atoms with van der Waals surface area (Å²) in [5.74, 6) is 3.33. The SMILES string of the molecule is O=C(C1CCC2CCCCC2C1)N1CCCC(CBr)C1. The van der Waals surface area contributed by atoms with Crippen LogP contribution in [0.2, 0.25) is 0 Å². The number of carbonyl (C=O) groups is 1. The number of amides is 1. The monoisotopic (exact) mass is 341 g/mol.